The first-order valence-corrected chi connectivity index (χ1v) is 6.03. The van der Waals surface area contributed by atoms with E-state index in [1.807, 2.05) is 13.0 Å². The van der Waals surface area contributed by atoms with Gasteiger partial charge >= 0.3 is 5.69 Å². The number of nitro groups is 1. The standard InChI is InChI=1S/C12H14N4O3/c1-8-2-3-14-7-11(8)19-12-10(16(17)18)4-9(5-13)6-15-12/h4,6,8,11,14H,2-3,7H2,1H3. The fourth-order valence-corrected chi connectivity index (χ4v) is 1.99. The van der Waals surface area contributed by atoms with Crippen molar-refractivity contribution in [3.05, 3.63) is 27.9 Å². The average Bonchev–Trinajstić information content (AvgIpc) is 2.41. The average molecular weight is 262 g/mol. The SMILES string of the molecule is CC1CCNCC1Oc1ncc(C#N)cc1[N+](=O)[O-]. The summed E-state index contributed by atoms with van der Waals surface area (Å²) in [5, 5.41) is 22.9. The third kappa shape index (κ3) is 2.98. The minimum Gasteiger partial charge on any atom is -0.468 e. The van der Waals surface area contributed by atoms with Gasteiger partial charge in [-0.3, -0.25) is 10.1 Å². The summed E-state index contributed by atoms with van der Waals surface area (Å²) in [7, 11) is 0. The Kier molecular flexibility index (Phi) is 3.92. The first-order valence-electron chi connectivity index (χ1n) is 6.03. The van der Waals surface area contributed by atoms with Gasteiger partial charge in [0.15, 0.2) is 0 Å². The van der Waals surface area contributed by atoms with Crippen molar-refractivity contribution < 1.29 is 9.66 Å². The van der Waals surface area contributed by atoms with Crippen LogP contribution in [-0.4, -0.2) is 29.1 Å². The molecule has 19 heavy (non-hydrogen) atoms. The Bertz CT molecular complexity index is 526. The number of nitrogens with zero attached hydrogens (tertiary/aromatic N) is 3. The van der Waals surface area contributed by atoms with Gasteiger partial charge in [0.2, 0.25) is 0 Å². The van der Waals surface area contributed by atoms with Crippen LogP contribution in [0.5, 0.6) is 5.88 Å². The Balaban J connectivity index is 2.24. The summed E-state index contributed by atoms with van der Waals surface area (Å²) in [6.07, 6.45) is 2.09. The largest absolute Gasteiger partial charge is 0.468 e. The summed E-state index contributed by atoms with van der Waals surface area (Å²) in [5.74, 6) is 0.280. The Hall–Kier alpha value is -2.20. The number of nitriles is 1. The van der Waals surface area contributed by atoms with Gasteiger partial charge in [0.1, 0.15) is 12.2 Å². The van der Waals surface area contributed by atoms with Gasteiger partial charge < -0.3 is 10.1 Å². The molecule has 2 heterocycles. The van der Waals surface area contributed by atoms with Crippen LogP contribution in [0.1, 0.15) is 18.9 Å². The molecular weight excluding hydrogens is 248 g/mol. The zero-order chi connectivity index (χ0) is 13.8. The van der Waals surface area contributed by atoms with E-state index in [9.17, 15) is 10.1 Å². The number of ether oxygens (including phenoxy) is 1. The Morgan fingerprint density at radius 1 is 1.68 bits per heavy atom. The maximum Gasteiger partial charge on any atom is 0.332 e. The summed E-state index contributed by atoms with van der Waals surface area (Å²) < 4.78 is 5.63. The van der Waals surface area contributed by atoms with Crippen LogP contribution in [0.4, 0.5) is 5.69 Å². The second-order valence-electron chi connectivity index (χ2n) is 4.54. The topological polar surface area (TPSA) is 101 Å². The van der Waals surface area contributed by atoms with Gasteiger partial charge in [0, 0.05) is 18.8 Å². The van der Waals surface area contributed by atoms with E-state index in [0.717, 1.165) is 13.0 Å². The van der Waals surface area contributed by atoms with Crippen LogP contribution in [0.25, 0.3) is 0 Å². The van der Waals surface area contributed by atoms with E-state index in [1.165, 1.54) is 12.3 Å². The first-order chi connectivity index (χ1) is 9.11. The van der Waals surface area contributed by atoms with E-state index in [4.69, 9.17) is 10.00 Å². The van der Waals surface area contributed by atoms with Crippen molar-refractivity contribution in [2.75, 3.05) is 13.1 Å². The first kappa shape index (κ1) is 13.2. The summed E-state index contributed by atoms with van der Waals surface area (Å²) in [5.41, 5.74) is -0.120. The number of nitrogens with one attached hydrogen (secondary N) is 1. The molecule has 0 spiro atoms. The van der Waals surface area contributed by atoms with Gasteiger partial charge in [0.25, 0.3) is 5.88 Å². The Morgan fingerprint density at radius 2 is 2.47 bits per heavy atom. The van der Waals surface area contributed by atoms with Gasteiger partial charge in [-0.1, -0.05) is 6.92 Å². The van der Waals surface area contributed by atoms with Crippen molar-refractivity contribution >= 4 is 5.69 Å². The lowest BCUT2D eigenvalue weighted by Crippen LogP contribution is -2.43. The van der Waals surface area contributed by atoms with Crippen molar-refractivity contribution in [1.29, 1.82) is 5.26 Å². The fourth-order valence-electron chi connectivity index (χ4n) is 1.99. The van der Waals surface area contributed by atoms with Crippen molar-refractivity contribution in [1.82, 2.24) is 10.3 Å². The molecule has 100 valence electrons. The molecule has 1 fully saturated rings. The molecule has 0 aliphatic carbocycles. The molecule has 7 heteroatoms. The third-order valence-corrected chi connectivity index (χ3v) is 3.18. The molecule has 0 radical (unpaired) electrons. The van der Waals surface area contributed by atoms with Gasteiger partial charge in [-0.25, -0.2) is 4.98 Å². The van der Waals surface area contributed by atoms with E-state index < -0.39 is 4.92 Å². The van der Waals surface area contributed by atoms with Gasteiger partial charge in [-0.05, 0) is 18.9 Å². The number of rotatable bonds is 3. The number of hydrogen-bond acceptors (Lipinski definition) is 6. The van der Waals surface area contributed by atoms with Crippen molar-refractivity contribution in [3.8, 4) is 11.9 Å². The normalized spacial score (nSPS) is 22.5. The van der Waals surface area contributed by atoms with Gasteiger partial charge in [-0.15, -0.1) is 0 Å². The minimum atomic E-state index is -0.579. The molecule has 2 rings (SSSR count). The molecule has 1 aliphatic rings. The van der Waals surface area contributed by atoms with E-state index in [-0.39, 0.29) is 23.2 Å². The molecule has 1 aliphatic heterocycles. The van der Waals surface area contributed by atoms with Gasteiger partial charge in [0.05, 0.1) is 10.5 Å². The number of aromatic nitrogens is 1. The summed E-state index contributed by atoms with van der Waals surface area (Å²) >= 11 is 0. The molecule has 2 atom stereocenters. The van der Waals surface area contributed by atoms with E-state index in [0.29, 0.717) is 12.5 Å². The highest BCUT2D eigenvalue weighted by Gasteiger charge is 2.27. The lowest BCUT2D eigenvalue weighted by Gasteiger charge is -2.29. The smallest absolute Gasteiger partial charge is 0.332 e. The maximum absolute atomic E-state index is 11.0. The third-order valence-electron chi connectivity index (χ3n) is 3.18. The second kappa shape index (κ2) is 5.63. The summed E-state index contributed by atoms with van der Waals surface area (Å²) in [6.45, 7) is 3.60. The molecule has 0 amide bonds. The van der Waals surface area contributed by atoms with Gasteiger partial charge in [-0.2, -0.15) is 5.26 Å². The Morgan fingerprint density at radius 3 is 3.11 bits per heavy atom. The predicted molar refractivity (Wildman–Crippen MR) is 66.7 cm³/mol. The van der Waals surface area contributed by atoms with E-state index >= 15 is 0 Å². The van der Waals surface area contributed by atoms with Crippen LogP contribution >= 0.6 is 0 Å². The number of piperidine rings is 1. The van der Waals surface area contributed by atoms with E-state index in [2.05, 4.69) is 10.3 Å². The van der Waals surface area contributed by atoms with Crippen LogP contribution in [0.3, 0.4) is 0 Å². The van der Waals surface area contributed by atoms with Crippen LogP contribution in [0.15, 0.2) is 12.3 Å². The van der Waals surface area contributed by atoms with Crippen LogP contribution < -0.4 is 10.1 Å². The molecule has 0 bridgehead atoms. The quantitative estimate of drug-likeness (QED) is 0.649. The monoisotopic (exact) mass is 262 g/mol. The van der Waals surface area contributed by atoms with Crippen LogP contribution in [-0.2, 0) is 0 Å². The fraction of sp³-hybridized carbons (Fsp3) is 0.500. The lowest BCUT2D eigenvalue weighted by atomic mass is 9.97. The molecule has 1 aromatic heterocycles. The van der Waals surface area contributed by atoms with Crippen LogP contribution in [0, 0.1) is 27.4 Å². The second-order valence-corrected chi connectivity index (χ2v) is 4.54. The number of hydrogen-bond donors (Lipinski definition) is 1. The maximum atomic E-state index is 11.0. The van der Waals surface area contributed by atoms with Crippen LogP contribution in [0.2, 0.25) is 0 Å². The van der Waals surface area contributed by atoms with Crippen molar-refractivity contribution in [2.24, 2.45) is 5.92 Å². The molecule has 7 nitrogen and oxygen atoms in total. The molecule has 0 saturated carbocycles. The molecule has 1 aromatic rings. The molecule has 0 aromatic carbocycles. The predicted octanol–water partition coefficient (Wildman–Crippen LogP) is 1.24. The highest BCUT2D eigenvalue weighted by molar-refractivity contribution is 5.46. The van der Waals surface area contributed by atoms with E-state index in [1.54, 1.807) is 0 Å². The summed E-state index contributed by atoms with van der Waals surface area (Å²) in [6, 6.07) is 3.01. The lowest BCUT2D eigenvalue weighted by molar-refractivity contribution is -0.386. The molecule has 2 unspecified atom stereocenters. The van der Waals surface area contributed by atoms with Crippen molar-refractivity contribution in [2.45, 2.75) is 19.4 Å². The zero-order valence-electron chi connectivity index (χ0n) is 10.5. The van der Waals surface area contributed by atoms with Crippen molar-refractivity contribution in [3.63, 3.8) is 0 Å². The Labute approximate surface area is 110 Å². The molecule has 1 saturated heterocycles. The minimum absolute atomic E-state index is 0.0236. The highest BCUT2D eigenvalue weighted by Crippen LogP contribution is 2.28. The zero-order valence-corrected chi connectivity index (χ0v) is 10.5. The highest BCUT2D eigenvalue weighted by atomic mass is 16.6. The number of pyridine rings is 1. The molecule has 1 N–H and O–H groups in total. The molecular formula is C12H14N4O3. The summed E-state index contributed by atoms with van der Waals surface area (Å²) in [4.78, 5) is 14.3.